The number of tetrazole rings is 1. The van der Waals surface area contributed by atoms with Crippen molar-refractivity contribution in [3.05, 3.63) is 65.7 Å². The van der Waals surface area contributed by atoms with E-state index in [9.17, 15) is 4.39 Å². The lowest BCUT2D eigenvalue weighted by Crippen LogP contribution is -2.49. The average molecular weight is 452 g/mol. The molecule has 1 aliphatic rings. The SMILES string of the molecule is CC(C)(C)n1nnnc1[C@@H](c1ccccc1F)N1CCN(c2nc3ccccc3s2)CC1. The lowest BCUT2D eigenvalue weighted by atomic mass is 10.0. The maximum Gasteiger partial charge on any atom is 0.186 e. The smallest absolute Gasteiger partial charge is 0.186 e. The largest absolute Gasteiger partial charge is 0.345 e. The van der Waals surface area contributed by atoms with Crippen molar-refractivity contribution in [1.82, 2.24) is 30.1 Å². The first-order valence-corrected chi connectivity index (χ1v) is 11.6. The Morgan fingerprint density at radius 2 is 1.69 bits per heavy atom. The van der Waals surface area contributed by atoms with Crippen molar-refractivity contribution in [2.45, 2.75) is 32.4 Å². The summed E-state index contributed by atoms with van der Waals surface area (Å²) in [5.41, 5.74) is 1.32. The Hall–Kier alpha value is -2.91. The molecule has 166 valence electrons. The number of anilines is 1. The number of hydrogen-bond acceptors (Lipinski definition) is 7. The molecule has 0 saturated carbocycles. The van der Waals surface area contributed by atoms with E-state index >= 15 is 0 Å². The molecule has 9 heteroatoms. The maximum atomic E-state index is 15.0. The number of rotatable bonds is 4. The summed E-state index contributed by atoms with van der Waals surface area (Å²) in [6, 6.07) is 14.8. The topological polar surface area (TPSA) is 63.0 Å². The number of piperazine rings is 1. The van der Waals surface area contributed by atoms with Gasteiger partial charge in [0.25, 0.3) is 0 Å². The lowest BCUT2D eigenvalue weighted by Gasteiger charge is -2.39. The van der Waals surface area contributed by atoms with Crippen LogP contribution in [0.25, 0.3) is 10.2 Å². The molecule has 0 radical (unpaired) electrons. The van der Waals surface area contributed by atoms with Gasteiger partial charge in [0.15, 0.2) is 11.0 Å². The predicted octanol–water partition coefficient (Wildman–Crippen LogP) is 4.09. The normalized spacial score (nSPS) is 16.6. The summed E-state index contributed by atoms with van der Waals surface area (Å²) in [4.78, 5) is 9.39. The second-order valence-electron chi connectivity index (χ2n) is 9.03. The van der Waals surface area contributed by atoms with Crippen LogP contribution in [0.5, 0.6) is 0 Å². The van der Waals surface area contributed by atoms with Gasteiger partial charge in [-0.3, -0.25) is 4.90 Å². The zero-order valence-corrected chi connectivity index (χ0v) is 19.3. The highest BCUT2D eigenvalue weighted by Crippen LogP contribution is 2.34. The molecule has 32 heavy (non-hydrogen) atoms. The van der Waals surface area contributed by atoms with Crippen molar-refractivity contribution >= 4 is 26.7 Å². The van der Waals surface area contributed by atoms with Crippen LogP contribution in [0.1, 0.15) is 38.2 Å². The highest BCUT2D eigenvalue weighted by atomic mass is 32.1. The Kier molecular flexibility index (Phi) is 5.38. The van der Waals surface area contributed by atoms with Crippen molar-refractivity contribution in [3.63, 3.8) is 0 Å². The van der Waals surface area contributed by atoms with E-state index in [1.54, 1.807) is 17.4 Å². The Morgan fingerprint density at radius 1 is 0.969 bits per heavy atom. The molecule has 0 amide bonds. The van der Waals surface area contributed by atoms with Gasteiger partial charge in [0.1, 0.15) is 11.9 Å². The van der Waals surface area contributed by atoms with Gasteiger partial charge in [0.05, 0.1) is 15.8 Å². The minimum Gasteiger partial charge on any atom is -0.345 e. The van der Waals surface area contributed by atoms with Crippen LogP contribution in [0.4, 0.5) is 9.52 Å². The second-order valence-corrected chi connectivity index (χ2v) is 10.0. The van der Waals surface area contributed by atoms with E-state index < -0.39 is 0 Å². The molecule has 1 aliphatic heterocycles. The Morgan fingerprint density at radius 3 is 2.41 bits per heavy atom. The van der Waals surface area contributed by atoms with Crippen LogP contribution in [-0.4, -0.2) is 56.3 Å². The van der Waals surface area contributed by atoms with Gasteiger partial charge in [-0.15, -0.1) is 5.10 Å². The third kappa shape index (κ3) is 3.86. The maximum absolute atomic E-state index is 15.0. The van der Waals surface area contributed by atoms with Gasteiger partial charge < -0.3 is 4.90 Å². The molecule has 2 aromatic carbocycles. The summed E-state index contributed by atoms with van der Waals surface area (Å²) in [7, 11) is 0. The van der Waals surface area contributed by atoms with E-state index in [1.165, 1.54) is 10.8 Å². The highest BCUT2D eigenvalue weighted by Gasteiger charge is 2.35. The number of hydrogen-bond donors (Lipinski definition) is 0. The summed E-state index contributed by atoms with van der Waals surface area (Å²) in [6.45, 7) is 9.28. The van der Waals surface area contributed by atoms with E-state index in [4.69, 9.17) is 4.98 Å². The fourth-order valence-electron chi connectivity index (χ4n) is 4.20. The van der Waals surface area contributed by atoms with Crippen LogP contribution in [0, 0.1) is 5.82 Å². The highest BCUT2D eigenvalue weighted by molar-refractivity contribution is 7.22. The minimum atomic E-state index is -0.358. The molecule has 0 N–H and O–H groups in total. The first-order chi connectivity index (χ1) is 15.4. The summed E-state index contributed by atoms with van der Waals surface area (Å²) in [5, 5.41) is 13.6. The number of thiazole rings is 1. The number of fused-ring (bicyclic) bond motifs is 1. The Bertz CT molecular complexity index is 1190. The van der Waals surface area contributed by atoms with Gasteiger partial charge in [-0.1, -0.05) is 41.7 Å². The van der Waals surface area contributed by atoms with Crippen LogP contribution in [0.15, 0.2) is 48.5 Å². The molecule has 0 bridgehead atoms. The van der Waals surface area contributed by atoms with Crippen LogP contribution in [0.2, 0.25) is 0 Å². The zero-order chi connectivity index (χ0) is 22.3. The molecular weight excluding hydrogens is 425 g/mol. The fraction of sp³-hybridized carbons (Fsp3) is 0.391. The van der Waals surface area contributed by atoms with Crippen molar-refractivity contribution in [3.8, 4) is 0 Å². The molecule has 0 unspecified atom stereocenters. The van der Waals surface area contributed by atoms with Gasteiger partial charge in [-0.25, -0.2) is 14.1 Å². The number of nitrogens with zero attached hydrogens (tertiary/aromatic N) is 7. The van der Waals surface area contributed by atoms with Crippen molar-refractivity contribution in [2.75, 3.05) is 31.1 Å². The first kappa shape index (κ1) is 21.0. The lowest BCUT2D eigenvalue weighted by molar-refractivity contribution is 0.188. The molecule has 0 aliphatic carbocycles. The van der Waals surface area contributed by atoms with E-state index in [0.29, 0.717) is 11.4 Å². The van der Waals surface area contributed by atoms with Crippen LogP contribution >= 0.6 is 11.3 Å². The number of para-hydroxylation sites is 1. The molecule has 2 aromatic heterocycles. The number of aromatic nitrogens is 5. The molecule has 1 atom stereocenters. The summed E-state index contributed by atoms with van der Waals surface area (Å²) in [5.74, 6) is 0.422. The van der Waals surface area contributed by atoms with Gasteiger partial charge in [0.2, 0.25) is 0 Å². The van der Waals surface area contributed by atoms with Crippen molar-refractivity contribution in [2.24, 2.45) is 0 Å². The van der Waals surface area contributed by atoms with Crippen molar-refractivity contribution in [1.29, 1.82) is 0 Å². The minimum absolute atomic E-state index is 0.241. The van der Waals surface area contributed by atoms with E-state index in [2.05, 4.69) is 52.2 Å². The standard InChI is InChI=1S/C23H26FN7S/c1-23(2,3)31-21(26-27-28-31)20(16-8-4-5-9-17(16)24)29-12-14-30(15-13-29)22-25-18-10-6-7-11-19(18)32-22/h4-11,20H,12-15H2,1-3H3/t20-/m1/s1. The second kappa shape index (κ2) is 8.22. The number of benzene rings is 2. The molecule has 1 saturated heterocycles. The summed E-state index contributed by atoms with van der Waals surface area (Å²) in [6.07, 6.45) is 0. The first-order valence-electron chi connectivity index (χ1n) is 10.8. The third-order valence-corrected chi connectivity index (χ3v) is 6.90. The summed E-state index contributed by atoms with van der Waals surface area (Å²) >= 11 is 1.72. The van der Waals surface area contributed by atoms with E-state index in [-0.39, 0.29) is 17.4 Å². The monoisotopic (exact) mass is 451 g/mol. The quantitative estimate of drug-likeness (QED) is 0.466. The van der Waals surface area contributed by atoms with Crippen LogP contribution < -0.4 is 4.90 Å². The molecule has 3 heterocycles. The molecule has 7 nitrogen and oxygen atoms in total. The number of halogens is 1. The third-order valence-electron chi connectivity index (χ3n) is 5.81. The molecule has 1 fully saturated rings. The fourth-order valence-corrected chi connectivity index (χ4v) is 5.22. The molecular formula is C23H26FN7S. The average Bonchev–Trinajstić information content (AvgIpc) is 3.43. The van der Waals surface area contributed by atoms with Gasteiger partial charge >= 0.3 is 0 Å². The van der Waals surface area contributed by atoms with Gasteiger partial charge in [-0.2, -0.15) is 0 Å². The van der Waals surface area contributed by atoms with Gasteiger partial charge in [0, 0.05) is 31.7 Å². The zero-order valence-electron chi connectivity index (χ0n) is 18.4. The van der Waals surface area contributed by atoms with Crippen molar-refractivity contribution < 1.29 is 4.39 Å². The van der Waals surface area contributed by atoms with Crippen LogP contribution in [-0.2, 0) is 5.54 Å². The Labute approximate surface area is 190 Å². The van der Waals surface area contributed by atoms with E-state index in [1.807, 2.05) is 35.0 Å². The van der Waals surface area contributed by atoms with Crippen LogP contribution in [0.3, 0.4) is 0 Å². The predicted molar refractivity (Wildman–Crippen MR) is 124 cm³/mol. The molecule has 4 aromatic rings. The molecule has 0 spiro atoms. The van der Waals surface area contributed by atoms with E-state index in [0.717, 1.165) is 36.8 Å². The molecule has 5 rings (SSSR count). The van der Waals surface area contributed by atoms with Gasteiger partial charge in [-0.05, 0) is 49.4 Å². The Balaban J connectivity index is 1.45. The summed E-state index contributed by atoms with van der Waals surface area (Å²) < 4.78 is 18.0.